The Balaban J connectivity index is -0.0000000450. The van der Waals surface area contributed by atoms with Crippen LogP contribution in [0.1, 0.15) is 0 Å². The molecule has 0 aromatic heterocycles. The maximum absolute atomic E-state index is 8.33. The average Bonchev–Trinajstić information content (AvgIpc) is 0.811. The maximum atomic E-state index is 8.33. The van der Waals surface area contributed by atoms with Crippen molar-refractivity contribution in [2.24, 2.45) is 0 Å². The summed E-state index contributed by atoms with van der Waals surface area (Å²) in [5.41, 5.74) is 0. The SMILES string of the molecule is O=C([O-])[18O-].[Na+].[Na+]. The van der Waals surface area contributed by atoms with Gasteiger partial charge in [0.15, 0.2) is 0 Å². The van der Waals surface area contributed by atoms with Crippen LogP contribution in [0, 0.1) is 0 Å². The van der Waals surface area contributed by atoms with Gasteiger partial charge in [-0.05, 0) is 6.16 Å². The standard InChI is InChI=1S/CH2O3.2Na/c2-1(3)4;;/h(H2,2,3,4);;/q;2*+1/p-2/i2+2;;. The number of carbonyl (C=O) groups is 1. The van der Waals surface area contributed by atoms with E-state index in [1.807, 2.05) is 0 Å². The zero-order valence-electron chi connectivity index (χ0n) is 3.72. The van der Waals surface area contributed by atoms with Gasteiger partial charge in [-0.15, -0.1) is 0 Å². The molecule has 24 valence electrons. The average molecular weight is 108 g/mol. The molecule has 0 atom stereocenters. The van der Waals surface area contributed by atoms with E-state index >= 15 is 0 Å². The van der Waals surface area contributed by atoms with E-state index in [2.05, 4.69) is 0 Å². The van der Waals surface area contributed by atoms with Crippen LogP contribution in [0.5, 0.6) is 0 Å². The van der Waals surface area contributed by atoms with E-state index in [0.717, 1.165) is 0 Å². The van der Waals surface area contributed by atoms with Crippen LogP contribution in [0.4, 0.5) is 4.79 Å². The van der Waals surface area contributed by atoms with Crippen molar-refractivity contribution in [2.45, 2.75) is 0 Å². The molecule has 0 aliphatic carbocycles. The van der Waals surface area contributed by atoms with Crippen LogP contribution in [-0.2, 0) is 0 Å². The first-order chi connectivity index (χ1) is 1.73. The first-order valence-corrected chi connectivity index (χ1v) is 0.612. The molecule has 0 saturated carbocycles. The fourth-order valence-electron chi connectivity index (χ4n) is 0. The van der Waals surface area contributed by atoms with Crippen LogP contribution in [0.25, 0.3) is 0 Å². The molecule has 0 aliphatic heterocycles. The molecule has 3 nitrogen and oxygen atoms in total. The molecule has 0 aromatic rings. The molecule has 0 aromatic carbocycles. The minimum Gasteiger partial charge on any atom is -0.652 e. The summed E-state index contributed by atoms with van der Waals surface area (Å²) in [6.45, 7) is 0. The summed E-state index contributed by atoms with van der Waals surface area (Å²) in [6.07, 6.45) is -2.33. The van der Waals surface area contributed by atoms with Gasteiger partial charge in [-0.3, -0.25) is 0 Å². The predicted octanol–water partition coefficient (Wildman–Crippen LogP) is -8.44. The number of carboxylic acid groups (broad SMARTS) is 2. The molecule has 6 heavy (non-hydrogen) atoms. The van der Waals surface area contributed by atoms with Gasteiger partial charge in [0.2, 0.25) is 0 Å². The molecule has 0 heterocycles. The van der Waals surface area contributed by atoms with Gasteiger partial charge in [-0.2, -0.15) is 0 Å². The molecule has 0 saturated heterocycles. The Morgan fingerprint density at radius 1 is 1.50 bits per heavy atom. The smallest absolute Gasteiger partial charge is 0.652 e. The van der Waals surface area contributed by atoms with E-state index in [-0.39, 0.29) is 59.1 Å². The van der Waals surface area contributed by atoms with E-state index in [0.29, 0.717) is 0 Å². The molecule has 0 N–H and O–H groups in total. The number of rotatable bonds is 0. The molecule has 0 radical (unpaired) electrons. The first kappa shape index (κ1) is 15.7. The van der Waals surface area contributed by atoms with Crippen molar-refractivity contribution >= 4 is 6.16 Å². The molecule has 0 spiro atoms. The zero-order chi connectivity index (χ0) is 3.58. The monoisotopic (exact) mass is 108 g/mol. The van der Waals surface area contributed by atoms with Gasteiger partial charge < -0.3 is 15.0 Å². The number of hydrogen-bond donors (Lipinski definition) is 0. The minimum absolute atomic E-state index is 0. The summed E-state index contributed by atoms with van der Waals surface area (Å²) < 4.78 is 0. The largest absolute Gasteiger partial charge is 1.00 e. The Kier molecular flexibility index (Phi) is 25.0. The van der Waals surface area contributed by atoms with Crippen molar-refractivity contribution in [3.63, 3.8) is 0 Å². The van der Waals surface area contributed by atoms with E-state index in [4.69, 9.17) is 15.0 Å². The molecular formula is CNa2O3. The van der Waals surface area contributed by atoms with E-state index < -0.39 is 6.16 Å². The van der Waals surface area contributed by atoms with Crippen molar-refractivity contribution in [2.75, 3.05) is 0 Å². The molecule has 0 bridgehead atoms. The molecule has 0 rings (SSSR count). The van der Waals surface area contributed by atoms with Gasteiger partial charge in [-0.1, -0.05) is 0 Å². The third-order valence-electron chi connectivity index (χ3n) is 0. The van der Waals surface area contributed by atoms with Crippen LogP contribution < -0.4 is 69.3 Å². The molecule has 5 heteroatoms. The first-order valence-electron chi connectivity index (χ1n) is 0.612. The normalized spacial score (nSPS) is 4.00. The van der Waals surface area contributed by atoms with Crippen LogP contribution in [-0.4, -0.2) is 6.16 Å². The fraction of sp³-hybridized carbons (Fsp3) is 0. The second-order valence-corrected chi connectivity index (χ2v) is 0.250. The summed E-state index contributed by atoms with van der Waals surface area (Å²) >= 11 is 0. The van der Waals surface area contributed by atoms with Crippen molar-refractivity contribution in [1.29, 1.82) is 0 Å². The second kappa shape index (κ2) is 9.55. The Hall–Kier alpha value is 1.27. The van der Waals surface area contributed by atoms with Crippen molar-refractivity contribution in [3.05, 3.63) is 0 Å². The Bertz CT molecular complexity index is 31.8. The van der Waals surface area contributed by atoms with E-state index in [1.165, 1.54) is 0 Å². The molecule has 0 unspecified atom stereocenters. The fourth-order valence-corrected chi connectivity index (χ4v) is 0. The van der Waals surface area contributed by atoms with Gasteiger partial charge in [0.05, 0.1) is 0 Å². The number of hydrogen-bond acceptors (Lipinski definition) is 3. The summed E-state index contributed by atoms with van der Waals surface area (Å²) in [6, 6.07) is 0. The molecule has 0 fully saturated rings. The number of carbonyl (C=O) groups excluding carboxylic acids is 1. The maximum Gasteiger partial charge on any atom is 1.00 e. The summed E-state index contributed by atoms with van der Waals surface area (Å²) in [5.74, 6) is 0. The van der Waals surface area contributed by atoms with Crippen LogP contribution in [0.3, 0.4) is 0 Å². The Morgan fingerprint density at radius 2 is 1.50 bits per heavy atom. The van der Waals surface area contributed by atoms with Gasteiger partial charge in [0.1, 0.15) is 0 Å². The van der Waals surface area contributed by atoms with Crippen LogP contribution in [0.2, 0.25) is 0 Å². The molecule has 0 aliphatic rings. The van der Waals surface area contributed by atoms with Gasteiger partial charge in [0, 0.05) is 0 Å². The predicted molar refractivity (Wildman–Crippen MR) is 5.40 cm³/mol. The molecular weight excluding hydrogens is 108 g/mol. The van der Waals surface area contributed by atoms with Crippen molar-refractivity contribution in [3.8, 4) is 0 Å². The zero-order valence-corrected chi connectivity index (χ0v) is 7.72. The topological polar surface area (TPSA) is 63.2 Å². The molecule has 0 amide bonds. The summed E-state index contributed by atoms with van der Waals surface area (Å²) in [5, 5.41) is 16.7. The van der Waals surface area contributed by atoms with Crippen LogP contribution >= 0.6 is 0 Å². The van der Waals surface area contributed by atoms with Gasteiger partial charge >= 0.3 is 59.1 Å². The summed E-state index contributed by atoms with van der Waals surface area (Å²) in [4.78, 5) is 8.33. The Labute approximate surface area is 79.3 Å². The van der Waals surface area contributed by atoms with E-state index in [9.17, 15) is 0 Å². The third kappa shape index (κ3) is 59.6. The van der Waals surface area contributed by atoms with Crippen LogP contribution in [0.15, 0.2) is 0 Å². The minimum atomic E-state index is -2.33. The van der Waals surface area contributed by atoms with Crippen molar-refractivity contribution in [1.82, 2.24) is 0 Å². The summed E-state index contributed by atoms with van der Waals surface area (Å²) in [7, 11) is 0. The Morgan fingerprint density at radius 3 is 1.50 bits per heavy atom. The van der Waals surface area contributed by atoms with Crippen molar-refractivity contribution < 1.29 is 74.1 Å². The van der Waals surface area contributed by atoms with Gasteiger partial charge in [-0.25, -0.2) is 0 Å². The third-order valence-corrected chi connectivity index (χ3v) is 0. The van der Waals surface area contributed by atoms with Gasteiger partial charge in [0.25, 0.3) is 0 Å². The second-order valence-electron chi connectivity index (χ2n) is 0.250. The quantitative estimate of drug-likeness (QED) is 0.228. The van der Waals surface area contributed by atoms with E-state index in [1.54, 1.807) is 0 Å².